The van der Waals surface area contributed by atoms with Gasteiger partial charge in [-0.25, -0.2) is 0 Å². The van der Waals surface area contributed by atoms with Crippen LogP contribution in [-0.2, 0) is 11.8 Å². The molecule has 1 aliphatic carbocycles. The topological polar surface area (TPSA) is 80.6 Å². The number of rotatable bonds is 6. The van der Waals surface area contributed by atoms with Crippen LogP contribution in [0.2, 0.25) is 0 Å². The number of aromatic nitrogens is 1. The number of thiazole rings is 1. The zero-order valence-electron chi connectivity index (χ0n) is 18.2. The smallest absolute Gasteiger partial charge is 0.321 e. The standard InChI is InChI=1S/C25H28N2O4S/c1-27-20-8-6-17(13-22(20)32-25(27)30)19-12-16(18-10-11-26-23(18)24(28)29)7-9-21(19)31-14-15-4-2-3-5-15/h6-9,12-13,15,18,23,26H,2-5,10-11,14H2,1H3,(H,28,29)/t18?,23-/m0/s1. The van der Waals surface area contributed by atoms with Gasteiger partial charge in [-0.1, -0.05) is 36.3 Å². The Kier molecular flexibility index (Phi) is 5.78. The first-order chi connectivity index (χ1) is 15.5. The minimum Gasteiger partial charge on any atom is -0.493 e. The molecule has 2 aliphatic rings. The number of benzene rings is 2. The number of aliphatic carboxylic acids is 1. The first-order valence-corrected chi connectivity index (χ1v) is 12.2. The van der Waals surface area contributed by atoms with E-state index in [1.165, 1.54) is 37.0 Å². The van der Waals surface area contributed by atoms with Gasteiger partial charge < -0.3 is 19.7 Å². The van der Waals surface area contributed by atoms with Crippen molar-refractivity contribution in [1.29, 1.82) is 0 Å². The molecule has 1 aromatic heterocycles. The van der Waals surface area contributed by atoms with Gasteiger partial charge in [-0.15, -0.1) is 0 Å². The molecule has 2 N–H and O–H groups in total. The van der Waals surface area contributed by atoms with E-state index in [2.05, 4.69) is 11.4 Å². The zero-order valence-corrected chi connectivity index (χ0v) is 19.0. The summed E-state index contributed by atoms with van der Waals surface area (Å²) in [5.74, 6) is 0.527. The van der Waals surface area contributed by atoms with Gasteiger partial charge in [-0.05, 0) is 67.1 Å². The van der Waals surface area contributed by atoms with E-state index in [9.17, 15) is 14.7 Å². The number of nitrogens with one attached hydrogen (secondary N) is 1. The molecule has 0 spiro atoms. The van der Waals surface area contributed by atoms with Crippen LogP contribution in [0.5, 0.6) is 5.75 Å². The normalized spacial score (nSPS) is 21.4. The maximum Gasteiger partial charge on any atom is 0.321 e. The van der Waals surface area contributed by atoms with Gasteiger partial charge in [-0.3, -0.25) is 9.59 Å². The quantitative estimate of drug-likeness (QED) is 0.581. The lowest BCUT2D eigenvalue weighted by atomic mass is 9.89. The summed E-state index contributed by atoms with van der Waals surface area (Å²) in [5.41, 5.74) is 3.87. The molecular weight excluding hydrogens is 424 g/mol. The molecule has 3 aromatic rings. The number of nitrogens with zero attached hydrogens (tertiary/aromatic N) is 1. The molecule has 2 heterocycles. The number of ether oxygens (including phenoxy) is 1. The molecule has 2 aromatic carbocycles. The Bertz CT molecular complexity index is 1210. The minimum absolute atomic E-state index is 0.0185. The first kappa shape index (κ1) is 21.2. The second kappa shape index (κ2) is 8.71. The van der Waals surface area contributed by atoms with E-state index in [0.717, 1.165) is 39.1 Å². The van der Waals surface area contributed by atoms with Gasteiger partial charge >= 0.3 is 10.8 Å². The fourth-order valence-electron chi connectivity index (χ4n) is 5.14. The maximum absolute atomic E-state index is 12.1. The molecule has 2 fully saturated rings. The van der Waals surface area contributed by atoms with Gasteiger partial charge in [0.1, 0.15) is 11.8 Å². The first-order valence-electron chi connectivity index (χ1n) is 11.3. The minimum atomic E-state index is -0.814. The highest BCUT2D eigenvalue weighted by Crippen LogP contribution is 2.38. The molecule has 1 saturated carbocycles. The van der Waals surface area contributed by atoms with Crippen molar-refractivity contribution in [3.8, 4) is 16.9 Å². The van der Waals surface area contributed by atoms with E-state index in [-0.39, 0.29) is 10.8 Å². The van der Waals surface area contributed by atoms with Gasteiger partial charge in [0, 0.05) is 18.5 Å². The van der Waals surface area contributed by atoms with Crippen molar-refractivity contribution in [3.05, 3.63) is 51.6 Å². The van der Waals surface area contributed by atoms with Crippen LogP contribution in [0.4, 0.5) is 0 Å². The molecule has 1 aliphatic heterocycles. The maximum atomic E-state index is 12.1. The van der Waals surface area contributed by atoms with Crippen LogP contribution in [-0.4, -0.2) is 34.8 Å². The largest absolute Gasteiger partial charge is 0.493 e. The van der Waals surface area contributed by atoms with Gasteiger partial charge in [0.25, 0.3) is 0 Å². The molecule has 0 bridgehead atoms. The summed E-state index contributed by atoms with van der Waals surface area (Å²) in [7, 11) is 1.79. The highest BCUT2D eigenvalue weighted by molar-refractivity contribution is 7.16. The second-order valence-corrected chi connectivity index (χ2v) is 9.98. The van der Waals surface area contributed by atoms with Gasteiger partial charge in [0.05, 0.1) is 16.8 Å². The van der Waals surface area contributed by atoms with Crippen LogP contribution in [0.25, 0.3) is 21.3 Å². The van der Waals surface area contributed by atoms with Crippen molar-refractivity contribution in [2.45, 2.75) is 44.1 Å². The molecule has 5 rings (SSSR count). The molecule has 1 unspecified atom stereocenters. The Balaban J connectivity index is 1.55. The van der Waals surface area contributed by atoms with Gasteiger partial charge in [-0.2, -0.15) is 0 Å². The Morgan fingerprint density at radius 2 is 2.00 bits per heavy atom. The number of hydrogen-bond donors (Lipinski definition) is 2. The van der Waals surface area contributed by atoms with Crippen molar-refractivity contribution in [3.63, 3.8) is 0 Å². The SMILES string of the molecule is Cn1c(=O)sc2cc(-c3cc(C4CCN[C@@H]4C(=O)O)ccc3OCC3CCCC3)ccc21. The predicted molar refractivity (Wildman–Crippen MR) is 127 cm³/mol. The van der Waals surface area contributed by atoms with Crippen molar-refractivity contribution < 1.29 is 14.6 Å². The number of carbonyl (C=O) groups is 1. The third kappa shape index (κ3) is 3.95. The molecule has 168 valence electrons. The third-order valence-electron chi connectivity index (χ3n) is 6.97. The summed E-state index contributed by atoms with van der Waals surface area (Å²) < 4.78 is 8.92. The Morgan fingerprint density at radius 1 is 1.19 bits per heavy atom. The molecule has 2 atom stereocenters. The van der Waals surface area contributed by atoms with E-state index in [1.54, 1.807) is 11.6 Å². The van der Waals surface area contributed by atoms with E-state index < -0.39 is 12.0 Å². The van der Waals surface area contributed by atoms with Gasteiger partial charge in [0.15, 0.2) is 0 Å². The fraction of sp³-hybridized carbons (Fsp3) is 0.440. The number of carboxylic acids is 1. The Labute approximate surface area is 190 Å². The average Bonchev–Trinajstić information content (AvgIpc) is 3.53. The zero-order chi connectivity index (χ0) is 22.2. The number of fused-ring (bicyclic) bond motifs is 1. The van der Waals surface area contributed by atoms with Crippen LogP contribution < -0.4 is 14.9 Å². The van der Waals surface area contributed by atoms with Crippen LogP contribution >= 0.6 is 11.3 Å². The van der Waals surface area contributed by atoms with Crippen molar-refractivity contribution in [2.24, 2.45) is 13.0 Å². The lowest BCUT2D eigenvalue weighted by Crippen LogP contribution is -2.34. The average molecular weight is 453 g/mol. The van der Waals surface area contributed by atoms with E-state index in [0.29, 0.717) is 19.1 Å². The van der Waals surface area contributed by atoms with Gasteiger partial charge in [0.2, 0.25) is 0 Å². The summed E-state index contributed by atoms with van der Waals surface area (Å²) in [6.07, 6.45) is 5.76. The van der Waals surface area contributed by atoms with E-state index >= 15 is 0 Å². The summed E-state index contributed by atoms with van der Waals surface area (Å²) >= 11 is 1.24. The number of carboxylic acid groups (broad SMARTS) is 1. The van der Waals surface area contributed by atoms with E-state index in [1.807, 2.05) is 30.3 Å². The molecule has 7 heteroatoms. The van der Waals surface area contributed by atoms with Crippen LogP contribution in [0.15, 0.2) is 41.2 Å². The number of hydrogen-bond acceptors (Lipinski definition) is 5. The fourth-order valence-corrected chi connectivity index (χ4v) is 6.06. The monoisotopic (exact) mass is 452 g/mol. The molecule has 0 radical (unpaired) electrons. The number of aryl methyl sites for hydroxylation is 1. The molecule has 1 saturated heterocycles. The van der Waals surface area contributed by atoms with E-state index in [4.69, 9.17) is 4.74 Å². The Morgan fingerprint density at radius 3 is 2.78 bits per heavy atom. The lowest BCUT2D eigenvalue weighted by Gasteiger charge is -2.20. The second-order valence-electron chi connectivity index (χ2n) is 8.99. The summed E-state index contributed by atoms with van der Waals surface area (Å²) in [4.78, 5) is 23.9. The van der Waals surface area contributed by atoms with Crippen LogP contribution in [0.1, 0.15) is 43.6 Å². The summed E-state index contributed by atoms with van der Waals surface area (Å²) in [6, 6.07) is 11.6. The predicted octanol–water partition coefficient (Wildman–Crippen LogP) is 4.37. The molecular formula is C25H28N2O4S. The lowest BCUT2D eigenvalue weighted by molar-refractivity contribution is -0.139. The highest BCUT2D eigenvalue weighted by Gasteiger charge is 2.34. The van der Waals surface area contributed by atoms with Crippen LogP contribution in [0.3, 0.4) is 0 Å². The molecule has 0 amide bonds. The highest BCUT2D eigenvalue weighted by atomic mass is 32.1. The summed E-state index contributed by atoms with van der Waals surface area (Å²) in [5, 5.41) is 12.7. The summed E-state index contributed by atoms with van der Waals surface area (Å²) in [6.45, 7) is 1.40. The molecule has 32 heavy (non-hydrogen) atoms. The van der Waals surface area contributed by atoms with Crippen molar-refractivity contribution in [2.75, 3.05) is 13.2 Å². The third-order valence-corrected chi connectivity index (χ3v) is 7.97. The Hall–Kier alpha value is -2.64. The van der Waals surface area contributed by atoms with Crippen LogP contribution in [0, 0.1) is 5.92 Å². The molecule has 6 nitrogen and oxygen atoms in total. The van der Waals surface area contributed by atoms with Crippen molar-refractivity contribution >= 4 is 27.5 Å². The van der Waals surface area contributed by atoms with Crippen molar-refractivity contribution in [1.82, 2.24) is 9.88 Å².